The minimum absolute atomic E-state index is 0.0625. The Morgan fingerprint density at radius 3 is 2.79 bits per heavy atom. The Balaban J connectivity index is 2.38. The molecular weight excluding hydrogens is 256 g/mol. The van der Waals surface area contributed by atoms with Crippen LogP contribution in [-0.2, 0) is 13.0 Å². The van der Waals surface area contributed by atoms with Crippen LogP contribution in [0.2, 0.25) is 0 Å². The third-order valence-electron chi connectivity index (χ3n) is 2.70. The van der Waals surface area contributed by atoms with Crippen molar-refractivity contribution in [3.8, 4) is 0 Å². The molecular formula is C12H11F2N3O2. The Hall–Kier alpha value is -2.31. The molecule has 1 aromatic heterocycles. The molecule has 0 radical (unpaired) electrons. The highest BCUT2D eigenvalue weighted by atomic mass is 19.1. The van der Waals surface area contributed by atoms with Crippen LogP contribution in [0.4, 0.5) is 8.78 Å². The SMILES string of the molecule is CCc1c(C(=O)O)nnn1Cc1cc(F)ccc1F. The molecule has 5 nitrogen and oxygen atoms in total. The monoisotopic (exact) mass is 267 g/mol. The second-order valence-electron chi connectivity index (χ2n) is 3.94. The number of aromatic carboxylic acids is 1. The highest BCUT2D eigenvalue weighted by molar-refractivity contribution is 5.86. The van der Waals surface area contributed by atoms with Crippen molar-refractivity contribution in [1.82, 2.24) is 15.0 Å². The molecule has 0 bridgehead atoms. The molecule has 0 aliphatic rings. The molecule has 0 aliphatic heterocycles. The minimum Gasteiger partial charge on any atom is -0.476 e. The molecule has 0 aliphatic carbocycles. The molecule has 2 rings (SSSR count). The summed E-state index contributed by atoms with van der Waals surface area (Å²) in [6.07, 6.45) is 0.381. The highest BCUT2D eigenvalue weighted by Gasteiger charge is 2.18. The van der Waals surface area contributed by atoms with Gasteiger partial charge in [0.25, 0.3) is 0 Å². The van der Waals surface area contributed by atoms with Crippen LogP contribution in [0.3, 0.4) is 0 Å². The predicted molar refractivity (Wildman–Crippen MR) is 61.8 cm³/mol. The van der Waals surface area contributed by atoms with E-state index < -0.39 is 17.6 Å². The van der Waals surface area contributed by atoms with Gasteiger partial charge in [0.05, 0.1) is 12.2 Å². The quantitative estimate of drug-likeness (QED) is 0.918. The molecule has 0 amide bonds. The molecule has 1 N–H and O–H groups in total. The lowest BCUT2D eigenvalue weighted by molar-refractivity contribution is 0.0689. The molecule has 0 saturated carbocycles. The summed E-state index contributed by atoms with van der Waals surface area (Å²) in [6.45, 7) is 1.68. The summed E-state index contributed by atoms with van der Waals surface area (Å²) in [5.41, 5.74) is 0.298. The molecule has 0 saturated heterocycles. The van der Waals surface area contributed by atoms with Crippen LogP contribution >= 0.6 is 0 Å². The number of carboxylic acids is 1. The van der Waals surface area contributed by atoms with Crippen molar-refractivity contribution >= 4 is 5.97 Å². The Kier molecular flexibility index (Phi) is 3.55. The molecule has 0 fully saturated rings. The summed E-state index contributed by atoms with van der Waals surface area (Å²) < 4.78 is 27.8. The lowest BCUT2D eigenvalue weighted by atomic mass is 10.2. The zero-order valence-corrected chi connectivity index (χ0v) is 10.1. The lowest BCUT2D eigenvalue weighted by Gasteiger charge is -2.06. The number of halogens is 2. The molecule has 100 valence electrons. The first-order chi connectivity index (χ1) is 9.02. The van der Waals surface area contributed by atoms with Crippen LogP contribution in [0.1, 0.15) is 28.7 Å². The maximum atomic E-state index is 13.5. The molecule has 1 heterocycles. The summed E-state index contributed by atoms with van der Waals surface area (Å²) in [4.78, 5) is 10.9. The van der Waals surface area contributed by atoms with Crippen molar-refractivity contribution in [3.63, 3.8) is 0 Å². The standard InChI is InChI=1S/C12H11F2N3O2/c1-2-10-11(12(18)19)15-16-17(10)6-7-5-8(13)3-4-9(7)14/h3-5H,2,6H2,1H3,(H,18,19). The topological polar surface area (TPSA) is 68.0 Å². The summed E-state index contributed by atoms with van der Waals surface area (Å²) in [7, 11) is 0. The van der Waals surface area contributed by atoms with Crippen molar-refractivity contribution in [3.05, 3.63) is 46.8 Å². The third kappa shape index (κ3) is 2.59. The minimum atomic E-state index is -1.19. The van der Waals surface area contributed by atoms with Gasteiger partial charge in [0.15, 0.2) is 5.69 Å². The number of carbonyl (C=O) groups is 1. The first kappa shape index (κ1) is 13.1. The van der Waals surface area contributed by atoms with E-state index in [1.54, 1.807) is 6.92 Å². The number of rotatable bonds is 4. The van der Waals surface area contributed by atoms with Gasteiger partial charge in [-0.05, 0) is 24.6 Å². The summed E-state index contributed by atoms with van der Waals surface area (Å²) >= 11 is 0. The van der Waals surface area contributed by atoms with E-state index in [-0.39, 0.29) is 17.8 Å². The fourth-order valence-electron chi connectivity index (χ4n) is 1.80. The van der Waals surface area contributed by atoms with Gasteiger partial charge in [-0.1, -0.05) is 12.1 Å². The Morgan fingerprint density at radius 2 is 2.16 bits per heavy atom. The maximum absolute atomic E-state index is 13.5. The van der Waals surface area contributed by atoms with Crippen molar-refractivity contribution in [2.24, 2.45) is 0 Å². The Bertz CT molecular complexity index is 625. The van der Waals surface area contributed by atoms with Gasteiger partial charge in [0, 0.05) is 5.56 Å². The first-order valence-electron chi connectivity index (χ1n) is 5.62. The fourth-order valence-corrected chi connectivity index (χ4v) is 1.80. The van der Waals surface area contributed by atoms with Crippen molar-refractivity contribution in [1.29, 1.82) is 0 Å². The summed E-state index contributed by atoms with van der Waals surface area (Å²) in [5, 5.41) is 16.1. The van der Waals surface area contributed by atoms with Gasteiger partial charge in [-0.2, -0.15) is 0 Å². The summed E-state index contributed by atoms with van der Waals surface area (Å²) in [6, 6.07) is 3.09. The van der Waals surface area contributed by atoms with Crippen molar-refractivity contribution in [2.45, 2.75) is 19.9 Å². The molecule has 0 atom stereocenters. The highest BCUT2D eigenvalue weighted by Crippen LogP contribution is 2.14. The zero-order valence-electron chi connectivity index (χ0n) is 10.1. The zero-order chi connectivity index (χ0) is 14.0. The van der Waals surface area contributed by atoms with Gasteiger partial charge in [-0.25, -0.2) is 18.3 Å². The van der Waals surface area contributed by atoms with E-state index >= 15 is 0 Å². The maximum Gasteiger partial charge on any atom is 0.358 e. The number of carboxylic acid groups (broad SMARTS) is 1. The van der Waals surface area contributed by atoms with E-state index in [0.29, 0.717) is 12.1 Å². The average Bonchev–Trinajstić information content (AvgIpc) is 2.76. The van der Waals surface area contributed by atoms with Crippen LogP contribution in [0.15, 0.2) is 18.2 Å². The number of hydrogen-bond donors (Lipinski definition) is 1. The van der Waals surface area contributed by atoms with Crippen LogP contribution in [0.5, 0.6) is 0 Å². The second kappa shape index (κ2) is 5.13. The van der Waals surface area contributed by atoms with E-state index in [0.717, 1.165) is 18.2 Å². The van der Waals surface area contributed by atoms with Crippen molar-refractivity contribution < 1.29 is 18.7 Å². The normalized spacial score (nSPS) is 10.7. The second-order valence-corrected chi connectivity index (χ2v) is 3.94. The fraction of sp³-hybridized carbons (Fsp3) is 0.250. The molecule has 19 heavy (non-hydrogen) atoms. The number of hydrogen-bond acceptors (Lipinski definition) is 3. The Morgan fingerprint density at radius 1 is 1.42 bits per heavy atom. The van der Waals surface area contributed by atoms with Crippen molar-refractivity contribution in [2.75, 3.05) is 0 Å². The first-order valence-corrected chi connectivity index (χ1v) is 5.62. The van der Waals surface area contributed by atoms with Gasteiger partial charge < -0.3 is 5.11 Å². The molecule has 1 aromatic carbocycles. The smallest absolute Gasteiger partial charge is 0.358 e. The molecule has 0 unspecified atom stereocenters. The third-order valence-corrected chi connectivity index (χ3v) is 2.70. The number of nitrogens with zero attached hydrogens (tertiary/aromatic N) is 3. The molecule has 2 aromatic rings. The van der Waals surface area contributed by atoms with E-state index in [9.17, 15) is 13.6 Å². The van der Waals surface area contributed by atoms with Gasteiger partial charge >= 0.3 is 5.97 Å². The lowest BCUT2D eigenvalue weighted by Crippen LogP contribution is -2.09. The predicted octanol–water partition coefficient (Wildman–Crippen LogP) is 1.87. The van der Waals surface area contributed by atoms with Crippen LogP contribution in [0.25, 0.3) is 0 Å². The van der Waals surface area contributed by atoms with Crippen LogP contribution in [-0.4, -0.2) is 26.1 Å². The molecule has 7 heteroatoms. The number of aromatic nitrogens is 3. The van der Waals surface area contributed by atoms with E-state index in [1.807, 2.05) is 0 Å². The Labute approximate surface area is 107 Å². The summed E-state index contributed by atoms with van der Waals surface area (Å²) in [5.74, 6) is -2.33. The van der Waals surface area contributed by atoms with Crippen LogP contribution in [0, 0.1) is 11.6 Å². The average molecular weight is 267 g/mol. The van der Waals surface area contributed by atoms with Gasteiger partial charge in [-0.15, -0.1) is 5.10 Å². The molecule has 0 spiro atoms. The largest absolute Gasteiger partial charge is 0.476 e. The van der Waals surface area contributed by atoms with Gasteiger partial charge in [0.2, 0.25) is 0 Å². The van der Waals surface area contributed by atoms with Gasteiger partial charge in [-0.3, -0.25) is 0 Å². The number of benzene rings is 1. The van der Waals surface area contributed by atoms with E-state index in [1.165, 1.54) is 4.68 Å². The van der Waals surface area contributed by atoms with E-state index in [4.69, 9.17) is 5.11 Å². The van der Waals surface area contributed by atoms with Gasteiger partial charge in [0.1, 0.15) is 11.6 Å². The van der Waals surface area contributed by atoms with E-state index in [2.05, 4.69) is 10.3 Å². The van der Waals surface area contributed by atoms with Crippen LogP contribution < -0.4 is 0 Å².